The van der Waals surface area contributed by atoms with E-state index in [1.807, 2.05) is 24.0 Å². The molecule has 5 nitrogen and oxygen atoms in total. The highest BCUT2D eigenvalue weighted by Crippen LogP contribution is 2.03. The van der Waals surface area contributed by atoms with Gasteiger partial charge < -0.3 is 14.9 Å². The lowest BCUT2D eigenvalue weighted by molar-refractivity contribution is -0.904. The van der Waals surface area contributed by atoms with Gasteiger partial charge in [0.05, 0.1) is 32.8 Å². The quantitative estimate of drug-likeness (QED) is 0.640. The molecule has 3 N–H and O–H groups in total. The number of hydrogen-bond acceptors (Lipinski definition) is 3. The number of benzene rings is 1. The first-order valence-electron chi connectivity index (χ1n) is 7.21. The number of rotatable bonds is 3. The van der Waals surface area contributed by atoms with Gasteiger partial charge in [-0.15, -0.1) is 0 Å². The van der Waals surface area contributed by atoms with Crippen molar-refractivity contribution in [1.29, 1.82) is 0 Å². The summed E-state index contributed by atoms with van der Waals surface area (Å²) in [5, 5.41) is 12.2. The van der Waals surface area contributed by atoms with Crippen molar-refractivity contribution in [3.63, 3.8) is 0 Å². The number of aryl methyl sites for hydroxylation is 1. The summed E-state index contributed by atoms with van der Waals surface area (Å²) in [6.45, 7) is 6.45. The second-order valence-electron chi connectivity index (χ2n) is 5.34. The number of nitrogens with one attached hydrogen (secondary N) is 2. The van der Waals surface area contributed by atoms with Crippen LogP contribution in [-0.4, -0.2) is 60.4 Å². The normalized spacial score (nSPS) is 15.8. The standard InChI is InChI=1S/C15H21N3O2S/c1-12-2-4-13(5-3-12)14(20)16-15(21)18-8-6-17(7-9-18)10-11-19/h2-5,19H,6-11H2,1H3,(H,16,20,21)/p+1. The molecule has 0 aromatic heterocycles. The third-order valence-corrected chi connectivity index (χ3v) is 4.12. The summed E-state index contributed by atoms with van der Waals surface area (Å²) in [6, 6.07) is 7.43. The molecular weight excluding hydrogens is 286 g/mol. The maximum absolute atomic E-state index is 12.1. The van der Waals surface area contributed by atoms with Gasteiger partial charge in [0.1, 0.15) is 6.54 Å². The number of nitrogens with zero attached hydrogens (tertiary/aromatic N) is 1. The maximum atomic E-state index is 12.1. The summed E-state index contributed by atoms with van der Waals surface area (Å²) in [7, 11) is 0. The molecule has 0 bridgehead atoms. The van der Waals surface area contributed by atoms with Crippen molar-refractivity contribution in [3.8, 4) is 0 Å². The molecule has 1 aliphatic heterocycles. The molecule has 1 fully saturated rings. The Morgan fingerprint density at radius 2 is 1.95 bits per heavy atom. The van der Waals surface area contributed by atoms with Crippen LogP contribution in [0.25, 0.3) is 0 Å². The Kier molecular flexibility index (Phi) is 5.67. The monoisotopic (exact) mass is 308 g/mol. The van der Waals surface area contributed by atoms with Crippen LogP contribution < -0.4 is 10.2 Å². The summed E-state index contributed by atoms with van der Waals surface area (Å²) in [4.78, 5) is 15.5. The number of thiocarbonyl (C=S) groups is 1. The van der Waals surface area contributed by atoms with Gasteiger partial charge in [-0.2, -0.15) is 0 Å². The van der Waals surface area contributed by atoms with Gasteiger partial charge >= 0.3 is 0 Å². The molecule has 1 saturated heterocycles. The third-order valence-electron chi connectivity index (χ3n) is 3.76. The third kappa shape index (κ3) is 4.49. The predicted molar refractivity (Wildman–Crippen MR) is 85.5 cm³/mol. The van der Waals surface area contributed by atoms with E-state index in [-0.39, 0.29) is 12.5 Å². The maximum Gasteiger partial charge on any atom is 0.257 e. The van der Waals surface area contributed by atoms with Crippen molar-refractivity contribution in [2.75, 3.05) is 39.3 Å². The highest BCUT2D eigenvalue weighted by Gasteiger charge is 2.22. The average Bonchev–Trinajstić information content (AvgIpc) is 2.49. The lowest BCUT2D eigenvalue weighted by Gasteiger charge is -2.33. The fourth-order valence-electron chi connectivity index (χ4n) is 2.39. The Bertz CT molecular complexity index is 496. The molecular formula is C15H22N3O2S+. The smallest absolute Gasteiger partial charge is 0.257 e. The van der Waals surface area contributed by atoms with Crippen LogP contribution in [0.2, 0.25) is 0 Å². The van der Waals surface area contributed by atoms with Gasteiger partial charge in [-0.05, 0) is 31.3 Å². The van der Waals surface area contributed by atoms with Crippen LogP contribution in [0.5, 0.6) is 0 Å². The van der Waals surface area contributed by atoms with Gasteiger partial charge in [0.2, 0.25) is 0 Å². The molecule has 1 aromatic rings. The van der Waals surface area contributed by atoms with Gasteiger partial charge in [0, 0.05) is 5.56 Å². The molecule has 6 heteroatoms. The molecule has 1 heterocycles. The van der Waals surface area contributed by atoms with Crippen molar-refractivity contribution >= 4 is 23.2 Å². The highest BCUT2D eigenvalue weighted by molar-refractivity contribution is 7.80. The summed E-state index contributed by atoms with van der Waals surface area (Å²) in [5.41, 5.74) is 1.74. The van der Waals surface area contributed by atoms with E-state index >= 15 is 0 Å². The van der Waals surface area contributed by atoms with Gasteiger partial charge in [-0.1, -0.05) is 17.7 Å². The molecule has 0 spiro atoms. The summed E-state index contributed by atoms with van der Waals surface area (Å²) in [6.07, 6.45) is 0. The van der Waals surface area contributed by atoms with E-state index in [9.17, 15) is 4.79 Å². The molecule has 0 aliphatic carbocycles. The Morgan fingerprint density at radius 1 is 1.33 bits per heavy atom. The molecule has 0 atom stereocenters. The van der Waals surface area contributed by atoms with E-state index < -0.39 is 0 Å². The molecule has 21 heavy (non-hydrogen) atoms. The fraction of sp³-hybridized carbons (Fsp3) is 0.467. The molecule has 2 rings (SSSR count). The first-order valence-corrected chi connectivity index (χ1v) is 7.62. The van der Waals surface area contributed by atoms with Crippen molar-refractivity contribution in [2.45, 2.75) is 6.92 Å². The number of amides is 1. The molecule has 1 aromatic carbocycles. The SMILES string of the molecule is Cc1ccc(C(=O)NC(=S)N2CC[NH+](CCO)CC2)cc1. The van der Waals surface area contributed by atoms with Crippen molar-refractivity contribution in [1.82, 2.24) is 10.2 Å². The predicted octanol–water partition coefficient (Wildman–Crippen LogP) is -0.797. The number of carbonyl (C=O) groups excluding carboxylic acids is 1. The van der Waals surface area contributed by atoms with Crippen molar-refractivity contribution in [3.05, 3.63) is 35.4 Å². The van der Waals surface area contributed by atoms with Crippen LogP contribution >= 0.6 is 12.2 Å². The van der Waals surface area contributed by atoms with Gasteiger partial charge in [0.25, 0.3) is 5.91 Å². The van der Waals surface area contributed by atoms with E-state index in [0.717, 1.165) is 38.3 Å². The number of quaternary nitrogens is 1. The molecule has 114 valence electrons. The summed E-state index contributed by atoms with van der Waals surface area (Å²) >= 11 is 5.31. The van der Waals surface area contributed by atoms with Crippen LogP contribution in [0.4, 0.5) is 0 Å². The first-order chi connectivity index (χ1) is 10.1. The van der Waals surface area contributed by atoms with Crippen molar-refractivity contribution in [2.24, 2.45) is 0 Å². The van der Waals surface area contributed by atoms with E-state index in [4.69, 9.17) is 17.3 Å². The second-order valence-corrected chi connectivity index (χ2v) is 5.72. The molecule has 1 aliphatic rings. The minimum absolute atomic E-state index is 0.162. The molecule has 0 saturated carbocycles. The van der Waals surface area contributed by atoms with Gasteiger partial charge in [0.15, 0.2) is 5.11 Å². The Morgan fingerprint density at radius 3 is 2.52 bits per heavy atom. The molecule has 0 unspecified atom stereocenters. The van der Waals surface area contributed by atoms with Crippen LogP contribution in [-0.2, 0) is 0 Å². The van der Waals surface area contributed by atoms with Crippen LogP contribution in [0, 0.1) is 6.92 Å². The second kappa shape index (κ2) is 7.49. The van der Waals surface area contributed by atoms with Crippen LogP contribution in [0.15, 0.2) is 24.3 Å². The molecule has 0 radical (unpaired) electrons. The number of aliphatic hydroxyl groups is 1. The number of piperazine rings is 1. The highest BCUT2D eigenvalue weighted by atomic mass is 32.1. The van der Waals surface area contributed by atoms with Crippen LogP contribution in [0.1, 0.15) is 15.9 Å². The Balaban J connectivity index is 1.84. The lowest BCUT2D eigenvalue weighted by Crippen LogP contribution is -3.15. The number of hydrogen-bond donors (Lipinski definition) is 3. The van der Waals surface area contributed by atoms with E-state index in [1.165, 1.54) is 4.90 Å². The zero-order valence-electron chi connectivity index (χ0n) is 12.3. The minimum atomic E-state index is -0.162. The zero-order valence-corrected chi connectivity index (χ0v) is 13.1. The van der Waals surface area contributed by atoms with Gasteiger partial charge in [-0.3, -0.25) is 10.1 Å². The van der Waals surface area contributed by atoms with Gasteiger partial charge in [-0.25, -0.2) is 0 Å². The Hall–Kier alpha value is -1.50. The lowest BCUT2D eigenvalue weighted by atomic mass is 10.1. The largest absolute Gasteiger partial charge is 0.391 e. The van der Waals surface area contributed by atoms with E-state index in [0.29, 0.717) is 10.7 Å². The number of aliphatic hydroxyl groups excluding tert-OH is 1. The fourth-order valence-corrected chi connectivity index (χ4v) is 2.66. The minimum Gasteiger partial charge on any atom is -0.391 e. The summed E-state index contributed by atoms with van der Waals surface area (Å²) in [5.74, 6) is -0.162. The van der Waals surface area contributed by atoms with E-state index in [1.54, 1.807) is 12.1 Å². The van der Waals surface area contributed by atoms with Crippen molar-refractivity contribution < 1.29 is 14.8 Å². The van der Waals surface area contributed by atoms with E-state index in [2.05, 4.69) is 5.32 Å². The number of carbonyl (C=O) groups is 1. The Labute approximate surface area is 130 Å². The zero-order chi connectivity index (χ0) is 15.2. The molecule has 1 amide bonds. The average molecular weight is 308 g/mol. The summed E-state index contributed by atoms with van der Waals surface area (Å²) < 4.78 is 0. The first kappa shape index (κ1) is 15.9. The van der Waals surface area contributed by atoms with Crippen LogP contribution in [0.3, 0.4) is 0 Å². The topological polar surface area (TPSA) is 57.0 Å².